The summed E-state index contributed by atoms with van der Waals surface area (Å²) in [6.45, 7) is 7.18. The Kier molecular flexibility index (Phi) is 6.20. The third-order valence-electron chi connectivity index (χ3n) is 7.53. The van der Waals surface area contributed by atoms with Crippen LogP contribution in [0.15, 0.2) is 24.4 Å². The molecule has 0 radical (unpaired) electrons. The highest BCUT2D eigenvalue weighted by Crippen LogP contribution is 2.34. The molecule has 1 aromatic heterocycles. The summed E-state index contributed by atoms with van der Waals surface area (Å²) in [7, 11) is -3.51. The Labute approximate surface area is 200 Å². The molecule has 3 fully saturated rings. The number of piperidine rings is 2. The van der Waals surface area contributed by atoms with Crippen molar-refractivity contribution in [3.8, 4) is 0 Å². The number of rotatable bonds is 4. The minimum absolute atomic E-state index is 0.0342. The van der Waals surface area contributed by atoms with E-state index < -0.39 is 10.2 Å². The van der Waals surface area contributed by atoms with Gasteiger partial charge in [0.2, 0.25) is 0 Å². The molecule has 3 aliphatic rings. The van der Waals surface area contributed by atoms with Crippen LogP contribution in [0.4, 0.5) is 0 Å². The maximum Gasteiger partial charge on any atom is 0.282 e. The molecule has 180 valence electrons. The van der Waals surface area contributed by atoms with E-state index in [-0.39, 0.29) is 24.0 Å². The molecule has 1 amide bonds. The summed E-state index contributed by atoms with van der Waals surface area (Å²) in [4.78, 5) is 18.5. The Hall–Kier alpha value is -1.65. The lowest BCUT2D eigenvalue weighted by atomic mass is 9.96. The van der Waals surface area contributed by atoms with Gasteiger partial charge < -0.3 is 15.2 Å². The van der Waals surface area contributed by atoms with E-state index in [9.17, 15) is 13.2 Å². The molecule has 4 heterocycles. The van der Waals surface area contributed by atoms with E-state index in [1.54, 1.807) is 26.9 Å². The van der Waals surface area contributed by atoms with Crippen molar-refractivity contribution in [3.05, 3.63) is 35.0 Å². The number of benzene rings is 1. The number of nitrogens with zero attached hydrogens (tertiary/aromatic N) is 3. The first-order chi connectivity index (χ1) is 15.8. The smallest absolute Gasteiger partial charge is 0.282 e. The van der Waals surface area contributed by atoms with Crippen molar-refractivity contribution in [1.29, 1.82) is 0 Å². The second kappa shape index (κ2) is 8.85. The van der Waals surface area contributed by atoms with Gasteiger partial charge >= 0.3 is 0 Å². The van der Waals surface area contributed by atoms with Crippen molar-refractivity contribution in [3.63, 3.8) is 0 Å². The molecule has 3 aliphatic heterocycles. The number of hydrogen-bond donors (Lipinski definition) is 2. The second-order valence-corrected chi connectivity index (χ2v) is 12.0. The summed E-state index contributed by atoms with van der Waals surface area (Å²) in [5.41, 5.74) is 1.34. The van der Waals surface area contributed by atoms with Crippen LogP contribution in [0, 0.1) is 0 Å². The normalized spacial score (nSPS) is 27.3. The van der Waals surface area contributed by atoms with Gasteiger partial charge in [0, 0.05) is 53.9 Å². The molecule has 2 aromatic rings. The number of nitrogens with one attached hydrogen (secondary N) is 2. The van der Waals surface area contributed by atoms with Crippen molar-refractivity contribution in [2.45, 2.75) is 63.7 Å². The lowest BCUT2D eigenvalue weighted by Crippen LogP contribution is -2.54. The summed E-state index contributed by atoms with van der Waals surface area (Å²) in [5, 5.41) is 4.63. The molecule has 2 atom stereocenters. The average Bonchev–Trinajstić information content (AvgIpc) is 3.31. The SMILES string of the molecule is CC(C)N1CCC(N2C[C@@H]3[C@@H](NC(=O)c4ccc5c(Cl)c[nH]c5c4)CCCN3S2(=O)=O)CC1. The van der Waals surface area contributed by atoms with E-state index in [1.807, 2.05) is 6.07 Å². The average molecular weight is 494 g/mol. The van der Waals surface area contributed by atoms with Crippen molar-refractivity contribution in [2.24, 2.45) is 0 Å². The Morgan fingerprint density at radius 2 is 1.91 bits per heavy atom. The topological polar surface area (TPSA) is 88.8 Å². The van der Waals surface area contributed by atoms with Crippen LogP contribution in [0.25, 0.3) is 10.9 Å². The summed E-state index contributed by atoms with van der Waals surface area (Å²) < 4.78 is 30.1. The maximum atomic E-state index is 13.4. The Morgan fingerprint density at radius 3 is 2.64 bits per heavy atom. The van der Waals surface area contributed by atoms with Gasteiger partial charge in [-0.05, 0) is 64.8 Å². The third-order valence-corrected chi connectivity index (χ3v) is 9.93. The van der Waals surface area contributed by atoms with Crippen LogP contribution in [-0.2, 0) is 10.2 Å². The number of carbonyl (C=O) groups excluding carboxylic acids is 1. The highest BCUT2D eigenvalue weighted by molar-refractivity contribution is 7.87. The Balaban J connectivity index is 1.30. The molecule has 3 saturated heterocycles. The summed E-state index contributed by atoms with van der Waals surface area (Å²) in [5.74, 6) is -0.185. The lowest BCUT2D eigenvalue weighted by Gasteiger charge is -2.37. The van der Waals surface area contributed by atoms with Gasteiger partial charge in [-0.15, -0.1) is 0 Å². The van der Waals surface area contributed by atoms with Crippen LogP contribution >= 0.6 is 11.6 Å². The zero-order valence-corrected chi connectivity index (χ0v) is 20.7. The number of hydrogen-bond acceptors (Lipinski definition) is 4. The first-order valence-corrected chi connectivity index (χ1v) is 13.6. The fourth-order valence-electron chi connectivity index (χ4n) is 5.62. The van der Waals surface area contributed by atoms with Gasteiger partial charge in [0.05, 0.1) is 11.1 Å². The van der Waals surface area contributed by atoms with Gasteiger partial charge in [-0.2, -0.15) is 17.0 Å². The fourth-order valence-corrected chi connectivity index (χ4v) is 7.96. The maximum absolute atomic E-state index is 13.4. The van der Waals surface area contributed by atoms with E-state index in [0.29, 0.717) is 29.7 Å². The zero-order valence-electron chi connectivity index (χ0n) is 19.1. The molecule has 0 saturated carbocycles. The van der Waals surface area contributed by atoms with E-state index in [1.165, 1.54) is 0 Å². The van der Waals surface area contributed by atoms with Gasteiger partial charge in [-0.3, -0.25) is 4.79 Å². The van der Waals surface area contributed by atoms with E-state index in [4.69, 9.17) is 11.6 Å². The fraction of sp³-hybridized carbons (Fsp3) is 0.609. The number of likely N-dealkylation sites (tertiary alicyclic amines) is 1. The minimum Gasteiger partial charge on any atom is -0.360 e. The van der Waals surface area contributed by atoms with E-state index in [2.05, 4.69) is 29.0 Å². The number of carbonyl (C=O) groups is 1. The number of fused-ring (bicyclic) bond motifs is 2. The zero-order chi connectivity index (χ0) is 23.3. The van der Waals surface area contributed by atoms with E-state index >= 15 is 0 Å². The number of amides is 1. The molecule has 10 heteroatoms. The predicted molar refractivity (Wildman–Crippen MR) is 130 cm³/mol. The number of halogens is 1. The molecule has 2 N–H and O–H groups in total. The van der Waals surface area contributed by atoms with Crippen molar-refractivity contribution in [2.75, 3.05) is 26.2 Å². The quantitative estimate of drug-likeness (QED) is 0.685. The second-order valence-electron chi connectivity index (χ2n) is 9.74. The van der Waals surface area contributed by atoms with Gasteiger partial charge in [0.25, 0.3) is 16.1 Å². The molecule has 33 heavy (non-hydrogen) atoms. The van der Waals surface area contributed by atoms with Gasteiger partial charge in [-0.25, -0.2) is 0 Å². The molecule has 0 bridgehead atoms. The highest BCUT2D eigenvalue weighted by atomic mass is 35.5. The molecule has 1 aromatic carbocycles. The van der Waals surface area contributed by atoms with Crippen LogP contribution < -0.4 is 5.32 Å². The van der Waals surface area contributed by atoms with Crippen molar-refractivity contribution < 1.29 is 13.2 Å². The minimum atomic E-state index is -3.51. The lowest BCUT2D eigenvalue weighted by molar-refractivity contribution is 0.0893. The number of H-pyrrole nitrogens is 1. The third kappa shape index (κ3) is 4.18. The molecule has 0 aliphatic carbocycles. The van der Waals surface area contributed by atoms with E-state index in [0.717, 1.165) is 49.7 Å². The number of aromatic nitrogens is 1. The van der Waals surface area contributed by atoms with Crippen LogP contribution in [0.2, 0.25) is 5.02 Å². The number of aromatic amines is 1. The summed E-state index contributed by atoms with van der Waals surface area (Å²) >= 11 is 6.15. The van der Waals surface area contributed by atoms with Gasteiger partial charge in [0.1, 0.15) is 0 Å². The van der Waals surface area contributed by atoms with Gasteiger partial charge in [-0.1, -0.05) is 17.7 Å². The standard InChI is InChI=1S/C23H32ClN5O3S/c1-15(2)27-10-7-17(8-11-27)29-14-22-20(4-3-9-28(22)33(29,31)32)26-23(30)16-5-6-18-19(24)13-25-21(18)12-16/h5-6,12-13,15,17,20,22,25H,3-4,7-11,14H2,1-2H3,(H,26,30)/t20-,22+/m0/s1. The molecule has 0 unspecified atom stereocenters. The first kappa shape index (κ1) is 23.1. The summed E-state index contributed by atoms with van der Waals surface area (Å²) in [6, 6.07) is 5.47. The van der Waals surface area contributed by atoms with Crippen LogP contribution in [-0.4, -0.2) is 83.2 Å². The molecular formula is C23H32ClN5O3S. The molecule has 8 nitrogen and oxygen atoms in total. The molecule has 0 spiro atoms. The van der Waals surface area contributed by atoms with Crippen molar-refractivity contribution in [1.82, 2.24) is 23.8 Å². The van der Waals surface area contributed by atoms with Crippen molar-refractivity contribution >= 4 is 38.6 Å². The monoisotopic (exact) mass is 493 g/mol. The predicted octanol–water partition coefficient (Wildman–Crippen LogP) is 2.82. The highest BCUT2D eigenvalue weighted by Gasteiger charge is 2.51. The van der Waals surface area contributed by atoms with Crippen LogP contribution in [0.5, 0.6) is 0 Å². The van der Waals surface area contributed by atoms with Gasteiger partial charge in [0.15, 0.2) is 0 Å². The first-order valence-electron chi connectivity index (χ1n) is 11.9. The Bertz CT molecular complexity index is 1140. The van der Waals surface area contributed by atoms with Crippen LogP contribution in [0.1, 0.15) is 49.9 Å². The largest absolute Gasteiger partial charge is 0.360 e. The van der Waals surface area contributed by atoms with Crippen LogP contribution in [0.3, 0.4) is 0 Å². The Morgan fingerprint density at radius 1 is 1.15 bits per heavy atom. The molecular weight excluding hydrogens is 462 g/mol. The molecule has 5 rings (SSSR count). The summed E-state index contributed by atoms with van der Waals surface area (Å²) in [6.07, 6.45) is 4.93.